The molecule has 118 valence electrons. The molecule has 0 saturated carbocycles. The molecule has 0 N–H and O–H groups in total. The molecule has 1 fully saturated rings. The van der Waals surface area contributed by atoms with E-state index in [2.05, 4.69) is 10.1 Å². The number of hydrogen-bond acceptors (Lipinski definition) is 5. The third-order valence-corrected chi connectivity index (χ3v) is 4.51. The van der Waals surface area contributed by atoms with E-state index < -0.39 is 16.2 Å². The van der Waals surface area contributed by atoms with Gasteiger partial charge in [-0.05, 0) is 25.0 Å². The largest absolute Gasteiger partial charge is 0.374 e. The van der Waals surface area contributed by atoms with E-state index in [4.69, 9.17) is 4.52 Å². The minimum absolute atomic E-state index is 0.0381. The molecule has 1 atom stereocenters. The molecule has 1 aliphatic rings. The molecule has 2 heterocycles. The summed E-state index contributed by atoms with van der Waals surface area (Å²) in [6.45, 7) is 0.101. The van der Waals surface area contributed by atoms with Crippen molar-refractivity contribution in [2.75, 3.05) is 13.1 Å². The highest BCUT2D eigenvalue weighted by molar-refractivity contribution is 7.83. The van der Waals surface area contributed by atoms with Gasteiger partial charge in [0.05, 0.1) is 5.92 Å². The SMILES string of the molecule is O=S(=O)(F)N1CCCC(c2nc(-c3cccc(F)c3)no2)C1. The van der Waals surface area contributed by atoms with Crippen LogP contribution >= 0.6 is 0 Å². The number of hydrogen-bond donors (Lipinski definition) is 0. The predicted molar refractivity (Wildman–Crippen MR) is 73.3 cm³/mol. The summed E-state index contributed by atoms with van der Waals surface area (Å²) in [6.07, 6.45) is 1.13. The van der Waals surface area contributed by atoms with Crippen molar-refractivity contribution in [2.45, 2.75) is 18.8 Å². The van der Waals surface area contributed by atoms with E-state index in [0.717, 1.165) is 4.31 Å². The molecule has 0 radical (unpaired) electrons. The molecule has 1 saturated heterocycles. The van der Waals surface area contributed by atoms with E-state index in [-0.39, 0.29) is 30.7 Å². The summed E-state index contributed by atoms with van der Waals surface area (Å²) in [6, 6.07) is 5.74. The lowest BCUT2D eigenvalue weighted by molar-refractivity contribution is 0.258. The molecule has 0 amide bonds. The monoisotopic (exact) mass is 329 g/mol. The van der Waals surface area contributed by atoms with Crippen molar-refractivity contribution in [3.63, 3.8) is 0 Å². The first kappa shape index (κ1) is 15.0. The van der Waals surface area contributed by atoms with Crippen molar-refractivity contribution in [3.8, 4) is 11.4 Å². The first-order chi connectivity index (χ1) is 10.4. The van der Waals surface area contributed by atoms with Crippen LogP contribution < -0.4 is 0 Å². The van der Waals surface area contributed by atoms with Crippen LogP contribution in [-0.2, 0) is 10.4 Å². The van der Waals surface area contributed by atoms with E-state index in [1.807, 2.05) is 0 Å². The standard InChI is InChI=1S/C13H13F2N3O3S/c14-11-5-1-3-9(7-11)12-16-13(21-17-12)10-4-2-6-18(8-10)22(15,19)20/h1,3,5,7,10H,2,4,6,8H2. The fourth-order valence-corrected chi connectivity index (χ4v) is 3.19. The number of benzene rings is 1. The third kappa shape index (κ3) is 3.14. The fraction of sp³-hybridized carbons (Fsp3) is 0.385. The van der Waals surface area contributed by atoms with Crippen LogP contribution in [0.1, 0.15) is 24.7 Å². The van der Waals surface area contributed by atoms with Crippen LogP contribution in [0.3, 0.4) is 0 Å². The van der Waals surface area contributed by atoms with Gasteiger partial charge in [0.2, 0.25) is 11.7 Å². The summed E-state index contributed by atoms with van der Waals surface area (Å²) in [5.41, 5.74) is 0.459. The Morgan fingerprint density at radius 2 is 2.18 bits per heavy atom. The van der Waals surface area contributed by atoms with E-state index in [1.165, 1.54) is 18.2 Å². The summed E-state index contributed by atoms with van der Waals surface area (Å²) in [7, 11) is -4.72. The van der Waals surface area contributed by atoms with Crippen molar-refractivity contribution in [1.82, 2.24) is 14.4 Å². The Labute approximate surface area is 126 Å². The molecular weight excluding hydrogens is 316 g/mol. The lowest BCUT2D eigenvalue weighted by atomic mass is 10.00. The smallest absolute Gasteiger partial charge is 0.339 e. The average molecular weight is 329 g/mol. The molecule has 3 rings (SSSR count). The van der Waals surface area contributed by atoms with E-state index in [1.54, 1.807) is 6.07 Å². The highest BCUT2D eigenvalue weighted by atomic mass is 32.3. The first-order valence-electron chi connectivity index (χ1n) is 6.73. The van der Waals surface area contributed by atoms with Crippen molar-refractivity contribution in [1.29, 1.82) is 0 Å². The van der Waals surface area contributed by atoms with Crippen LogP contribution in [0.4, 0.5) is 8.28 Å². The summed E-state index contributed by atoms with van der Waals surface area (Å²) >= 11 is 0. The Morgan fingerprint density at radius 3 is 2.91 bits per heavy atom. The summed E-state index contributed by atoms with van der Waals surface area (Å²) < 4.78 is 54.1. The normalized spacial score (nSPS) is 20.2. The molecule has 0 spiro atoms. The molecule has 2 aromatic rings. The topological polar surface area (TPSA) is 76.3 Å². The molecular formula is C13H13F2N3O3S. The van der Waals surface area contributed by atoms with Gasteiger partial charge in [-0.2, -0.15) is 17.7 Å². The second-order valence-corrected chi connectivity index (χ2v) is 6.45. The molecule has 1 aromatic carbocycles. The minimum atomic E-state index is -4.72. The maximum absolute atomic E-state index is 13.2. The zero-order chi connectivity index (χ0) is 15.7. The zero-order valence-corrected chi connectivity index (χ0v) is 12.3. The number of rotatable bonds is 3. The van der Waals surface area contributed by atoms with Gasteiger partial charge in [-0.25, -0.2) is 4.39 Å². The number of aromatic nitrogens is 2. The maximum atomic E-state index is 13.2. The number of nitrogens with zero attached hydrogens (tertiary/aromatic N) is 3. The molecule has 0 bridgehead atoms. The van der Waals surface area contributed by atoms with Gasteiger partial charge in [-0.3, -0.25) is 0 Å². The molecule has 0 aliphatic carbocycles. The number of piperidine rings is 1. The van der Waals surface area contributed by atoms with Gasteiger partial charge in [0.1, 0.15) is 5.82 Å². The zero-order valence-electron chi connectivity index (χ0n) is 11.4. The van der Waals surface area contributed by atoms with Crippen LogP contribution in [0.2, 0.25) is 0 Å². The highest BCUT2D eigenvalue weighted by Crippen LogP contribution is 2.29. The molecule has 1 unspecified atom stereocenters. The summed E-state index contributed by atoms with van der Waals surface area (Å²) in [5.74, 6) is -0.340. The Bertz CT molecular complexity index is 778. The molecule has 1 aromatic heterocycles. The third-order valence-electron chi connectivity index (χ3n) is 3.57. The average Bonchev–Trinajstić information content (AvgIpc) is 2.96. The van der Waals surface area contributed by atoms with E-state index in [9.17, 15) is 16.7 Å². The Kier molecular flexibility index (Phi) is 3.92. The highest BCUT2D eigenvalue weighted by Gasteiger charge is 2.32. The van der Waals surface area contributed by atoms with Gasteiger partial charge in [-0.1, -0.05) is 21.2 Å². The van der Waals surface area contributed by atoms with Crippen LogP contribution in [0, 0.1) is 5.82 Å². The van der Waals surface area contributed by atoms with Crippen molar-refractivity contribution >= 4 is 10.4 Å². The van der Waals surface area contributed by atoms with Crippen molar-refractivity contribution in [2.24, 2.45) is 0 Å². The predicted octanol–water partition coefficient (Wildman–Crippen LogP) is 2.27. The van der Waals surface area contributed by atoms with Gasteiger partial charge >= 0.3 is 10.4 Å². The quantitative estimate of drug-likeness (QED) is 0.807. The second kappa shape index (κ2) is 5.73. The summed E-state index contributed by atoms with van der Waals surface area (Å²) in [4.78, 5) is 4.17. The van der Waals surface area contributed by atoms with Crippen LogP contribution in [0.5, 0.6) is 0 Å². The van der Waals surface area contributed by atoms with Crippen LogP contribution in [0.15, 0.2) is 28.8 Å². The van der Waals surface area contributed by atoms with Crippen LogP contribution in [0.25, 0.3) is 11.4 Å². The fourth-order valence-electron chi connectivity index (χ4n) is 2.49. The van der Waals surface area contributed by atoms with E-state index >= 15 is 0 Å². The van der Waals surface area contributed by atoms with E-state index in [0.29, 0.717) is 18.4 Å². The summed E-state index contributed by atoms with van der Waals surface area (Å²) in [5, 5.41) is 3.78. The maximum Gasteiger partial charge on any atom is 0.374 e. The molecule has 1 aliphatic heterocycles. The van der Waals surface area contributed by atoms with Gasteiger partial charge in [-0.15, -0.1) is 0 Å². The molecule has 6 nitrogen and oxygen atoms in total. The van der Waals surface area contributed by atoms with Gasteiger partial charge in [0.25, 0.3) is 0 Å². The number of halogens is 2. The lowest BCUT2D eigenvalue weighted by Gasteiger charge is -2.26. The first-order valence-corrected chi connectivity index (χ1v) is 8.07. The lowest BCUT2D eigenvalue weighted by Crippen LogP contribution is -2.37. The molecule has 22 heavy (non-hydrogen) atoms. The van der Waals surface area contributed by atoms with Gasteiger partial charge in [0.15, 0.2) is 0 Å². The van der Waals surface area contributed by atoms with Gasteiger partial charge in [0, 0.05) is 18.7 Å². The Morgan fingerprint density at radius 1 is 1.36 bits per heavy atom. The molecule has 9 heteroatoms. The second-order valence-electron chi connectivity index (χ2n) is 5.11. The van der Waals surface area contributed by atoms with Crippen molar-refractivity contribution in [3.05, 3.63) is 36.0 Å². The van der Waals surface area contributed by atoms with Crippen molar-refractivity contribution < 1.29 is 21.2 Å². The van der Waals surface area contributed by atoms with Gasteiger partial charge < -0.3 is 4.52 Å². The Balaban J connectivity index is 1.82. The van der Waals surface area contributed by atoms with Crippen LogP contribution in [-0.4, -0.2) is 36.0 Å². The Hall–Kier alpha value is -1.87. The minimum Gasteiger partial charge on any atom is -0.339 e.